The number of hydrogen-bond donors (Lipinski definition) is 1. The van der Waals surface area contributed by atoms with Gasteiger partial charge in [-0.1, -0.05) is 20.8 Å². The van der Waals surface area contributed by atoms with E-state index in [1.807, 2.05) is 0 Å². The lowest BCUT2D eigenvalue weighted by Gasteiger charge is -2.33. The van der Waals surface area contributed by atoms with Crippen molar-refractivity contribution in [2.75, 3.05) is 26.2 Å². The molecule has 1 aliphatic heterocycles. The summed E-state index contributed by atoms with van der Waals surface area (Å²) in [5, 5.41) is 0. The maximum Gasteiger partial charge on any atom is 0.191 e. The fraction of sp³-hybridized carbons (Fsp3) is 0.909. The van der Waals surface area contributed by atoms with E-state index in [4.69, 9.17) is 10.5 Å². The quantitative estimate of drug-likeness (QED) is 0.563. The number of ether oxygens (including phenoxy) is 1. The molecule has 0 saturated carbocycles. The summed E-state index contributed by atoms with van der Waals surface area (Å²) in [5.41, 5.74) is 5.93. The van der Waals surface area contributed by atoms with E-state index in [2.05, 4.69) is 30.7 Å². The van der Waals surface area contributed by atoms with Crippen LogP contribution in [0, 0.1) is 5.92 Å². The van der Waals surface area contributed by atoms with Crippen molar-refractivity contribution in [3.8, 4) is 0 Å². The molecular formula is C11H23N3O. The fourth-order valence-electron chi connectivity index (χ4n) is 1.55. The molecule has 1 fully saturated rings. The SMILES string of the molecule is CCC1CN(C(N)=NCC(C)C)CCO1. The van der Waals surface area contributed by atoms with Crippen LogP contribution in [0.25, 0.3) is 0 Å². The maximum absolute atomic E-state index is 5.93. The fourth-order valence-corrected chi connectivity index (χ4v) is 1.55. The van der Waals surface area contributed by atoms with Crippen molar-refractivity contribution in [1.29, 1.82) is 0 Å². The minimum absolute atomic E-state index is 0.312. The first kappa shape index (κ1) is 12.3. The number of nitrogens with two attached hydrogens (primary N) is 1. The Morgan fingerprint density at radius 1 is 1.60 bits per heavy atom. The topological polar surface area (TPSA) is 50.8 Å². The molecule has 0 spiro atoms. The molecule has 0 aromatic carbocycles. The Kier molecular flexibility index (Phi) is 4.88. The molecule has 1 aliphatic rings. The van der Waals surface area contributed by atoms with Crippen molar-refractivity contribution in [2.45, 2.75) is 33.3 Å². The monoisotopic (exact) mass is 213 g/mol. The minimum Gasteiger partial charge on any atom is -0.375 e. The van der Waals surface area contributed by atoms with E-state index in [0.29, 0.717) is 18.0 Å². The van der Waals surface area contributed by atoms with Crippen molar-refractivity contribution in [2.24, 2.45) is 16.6 Å². The summed E-state index contributed by atoms with van der Waals surface area (Å²) in [6, 6.07) is 0. The standard InChI is InChI=1S/C11H23N3O/c1-4-10-8-14(5-6-15-10)11(12)13-7-9(2)3/h9-10H,4-8H2,1-3H3,(H2,12,13). The molecule has 4 nitrogen and oxygen atoms in total. The summed E-state index contributed by atoms with van der Waals surface area (Å²) in [6.45, 7) is 9.73. The van der Waals surface area contributed by atoms with Gasteiger partial charge in [-0.15, -0.1) is 0 Å². The molecular weight excluding hydrogens is 190 g/mol. The first-order valence-corrected chi connectivity index (χ1v) is 5.80. The normalized spacial score (nSPS) is 23.6. The zero-order valence-electron chi connectivity index (χ0n) is 10.1. The zero-order valence-corrected chi connectivity index (χ0v) is 10.1. The maximum atomic E-state index is 5.93. The molecule has 0 amide bonds. The van der Waals surface area contributed by atoms with Crippen molar-refractivity contribution in [1.82, 2.24) is 4.90 Å². The van der Waals surface area contributed by atoms with Gasteiger partial charge >= 0.3 is 0 Å². The number of morpholine rings is 1. The third kappa shape index (κ3) is 4.08. The van der Waals surface area contributed by atoms with Crippen molar-refractivity contribution >= 4 is 5.96 Å². The molecule has 4 heteroatoms. The molecule has 88 valence electrons. The average molecular weight is 213 g/mol. The Bertz CT molecular complexity index is 216. The Morgan fingerprint density at radius 3 is 2.93 bits per heavy atom. The van der Waals surface area contributed by atoms with Crippen molar-refractivity contribution in [3.05, 3.63) is 0 Å². The highest BCUT2D eigenvalue weighted by atomic mass is 16.5. The largest absolute Gasteiger partial charge is 0.375 e. The van der Waals surface area contributed by atoms with Crippen LogP contribution < -0.4 is 5.73 Å². The van der Waals surface area contributed by atoms with Gasteiger partial charge in [0, 0.05) is 19.6 Å². The average Bonchev–Trinajstić information content (AvgIpc) is 2.26. The summed E-state index contributed by atoms with van der Waals surface area (Å²) in [6.07, 6.45) is 1.35. The van der Waals surface area contributed by atoms with Crippen LogP contribution in [-0.2, 0) is 4.74 Å². The Morgan fingerprint density at radius 2 is 2.33 bits per heavy atom. The van der Waals surface area contributed by atoms with Gasteiger partial charge in [-0.2, -0.15) is 0 Å². The smallest absolute Gasteiger partial charge is 0.191 e. The van der Waals surface area contributed by atoms with Crippen LogP contribution in [0.3, 0.4) is 0 Å². The number of aliphatic imine (C=N–C) groups is 1. The Balaban J connectivity index is 2.44. The van der Waals surface area contributed by atoms with E-state index in [0.717, 1.165) is 32.7 Å². The van der Waals surface area contributed by atoms with Crippen LogP contribution in [0.2, 0.25) is 0 Å². The first-order chi connectivity index (χ1) is 7.13. The molecule has 1 unspecified atom stereocenters. The number of nitrogens with zero attached hydrogens (tertiary/aromatic N) is 2. The zero-order chi connectivity index (χ0) is 11.3. The molecule has 15 heavy (non-hydrogen) atoms. The molecule has 1 atom stereocenters. The van der Waals surface area contributed by atoms with Crippen LogP contribution in [0.4, 0.5) is 0 Å². The lowest BCUT2D eigenvalue weighted by Crippen LogP contribution is -2.48. The summed E-state index contributed by atoms with van der Waals surface area (Å²) in [5.74, 6) is 1.23. The van der Waals surface area contributed by atoms with Gasteiger partial charge in [0.2, 0.25) is 0 Å². The summed E-state index contributed by atoms with van der Waals surface area (Å²) in [7, 11) is 0. The Labute approximate surface area is 92.5 Å². The lowest BCUT2D eigenvalue weighted by atomic mass is 10.2. The van der Waals surface area contributed by atoms with Crippen LogP contribution >= 0.6 is 0 Å². The highest BCUT2D eigenvalue weighted by molar-refractivity contribution is 5.78. The molecule has 1 heterocycles. The molecule has 0 aliphatic carbocycles. The highest BCUT2D eigenvalue weighted by Gasteiger charge is 2.19. The van der Waals surface area contributed by atoms with Gasteiger partial charge in [-0.25, -0.2) is 0 Å². The molecule has 0 aromatic rings. The number of hydrogen-bond acceptors (Lipinski definition) is 2. The van der Waals surface area contributed by atoms with Crippen LogP contribution in [0.1, 0.15) is 27.2 Å². The van der Waals surface area contributed by atoms with Gasteiger partial charge in [-0.05, 0) is 12.3 Å². The number of rotatable bonds is 3. The van der Waals surface area contributed by atoms with Crippen LogP contribution in [0.5, 0.6) is 0 Å². The molecule has 1 saturated heterocycles. The van der Waals surface area contributed by atoms with Crippen LogP contribution in [0.15, 0.2) is 4.99 Å². The first-order valence-electron chi connectivity index (χ1n) is 5.80. The third-order valence-electron chi connectivity index (χ3n) is 2.54. The van der Waals surface area contributed by atoms with E-state index in [1.165, 1.54) is 0 Å². The predicted octanol–water partition coefficient (Wildman–Crippen LogP) is 1.07. The second-order valence-electron chi connectivity index (χ2n) is 4.44. The number of guanidine groups is 1. The Hall–Kier alpha value is -0.770. The van der Waals surface area contributed by atoms with Gasteiger partial charge in [0.25, 0.3) is 0 Å². The van der Waals surface area contributed by atoms with Crippen molar-refractivity contribution < 1.29 is 4.74 Å². The van der Waals surface area contributed by atoms with E-state index < -0.39 is 0 Å². The van der Waals surface area contributed by atoms with Gasteiger partial charge in [-0.3, -0.25) is 4.99 Å². The minimum atomic E-state index is 0.312. The van der Waals surface area contributed by atoms with E-state index in [1.54, 1.807) is 0 Å². The van der Waals surface area contributed by atoms with Crippen LogP contribution in [-0.4, -0.2) is 43.2 Å². The molecule has 1 rings (SSSR count). The van der Waals surface area contributed by atoms with Gasteiger partial charge in [0.15, 0.2) is 5.96 Å². The van der Waals surface area contributed by atoms with E-state index >= 15 is 0 Å². The third-order valence-corrected chi connectivity index (χ3v) is 2.54. The van der Waals surface area contributed by atoms with Gasteiger partial charge in [0.1, 0.15) is 0 Å². The summed E-state index contributed by atoms with van der Waals surface area (Å²) >= 11 is 0. The molecule has 0 aromatic heterocycles. The van der Waals surface area contributed by atoms with Gasteiger partial charge in [0.05, 0.1) is 12.7 Å². The van der Waals surface area contributed by atoms with E-state index in [9.17, 15) is 0 Å². The predicted molar refractivity (Wildman–Crippen MR) is 62.9 cm³/mol. The highest BCUT2D eigenvalue weighted by Crippen LogP contribution is 2.07. The molecule has 2 N–H and O–H groups in total. The van der Waals surface area contributed by atoms with E-state index in [-0.39, 0.29) is 0 Å². The van der Waals surface area contributed by atoms with Crippen molar-refractivity contribution in [3.63, 3.8) is 0 Å². The molecule has 0 radical (unpaired) electrons. The molecule has 0 bridgehead atoms. The van der Waals surface area contributed by atoms with Gasteiger partial charge < -0.3 is 15.4 Å². The lowest BCUT2D eigenvalue weighted by molar-refractivity contribution is -0.00746. The second kappa shape index (κ2) is 5.95. The second-order valence-corrected chi connectivity index (χ2v) is 4.44. The summed E-state index contributed by atoms with van der Waals surface area (Å²) < 4.78 is 5.58. The summed E-state index contributed by atoms with van der Waals surface area (Å²) in [4.78, 5) is 6.51.